The fraction of sp³-hybridized carbons (Fsp3) is 0.267. The standard InChI is InChI=1S/C30H12F18/c31-23(32,25(35,36)27(39,40)29(43,44)45)21-3-1-13-5-15-7-18-10-20-12-22(24(33,34)26(37,38)28(41,42)30(46,47)48)4-2-14(20)6-16(18)8-17(15)9-19(13)11-21/h1-12H. The Morgan fingerprint density at radius 3 is 0.729 bits per heavy atom. The summed E-state index contributed by atoms with van der Waals surface area (Å²) in [5.74, 6) is -40.1. The van der Waals surface area contributed by atoms with Gasteiger partial charge in [-0.25, -0.2) is 0 Å². The molecule has 48 heavy (non-hydrogen) atoms. The van der Waals surface area contributed by atoms with Crippen LogP contribution in [0.2, 0.25) is 0 Å². The van der Waals surface area contributed by atoms with Crippen molar-refractivity contribution < 1.29 is 79.0 Å². The van der Waals surface area contributed by atoms with Gasteiger partial charge in [0.15, 0.2) is 0 Å². The van der Waals surface area contributed by atoms with Crippen LogP contribution in [0.4, 0.5) is 79.0 Å². The number of alkyl halides is 18. The molecular weight excluding hydrogens is 702 g/mol. The van der Waals surface area contributed by atoms with E-state index in [9.17, 15) is 79.0 Å². The molecule has 0 amide bonds. The van der Waals surface area contributed by atoms with Gasteiger partial charge in [-0.3, -0.25) is 0 Å². The normalized spacial score (nSPS) is 14.9. The summed E-state index contributed by atoms with van der Waals surface area (Å²) < 4.78 is 243. The quantitative estimate of drug-likeness (QED) is 0.121. The fourth-order valence-electron chi connectivity index (χ4n) is 5.00. The Balaban J connectivity index is 1.60. The molecule has 0 aliphatic heterocycles. The number of hydrogen-bond donors (Lipinski definition) is 0. The second-order valence-electron chi connectivity index (χ2n) is 10.8. The van der Waals surface area contributed by atoms with E-state index in [4.69, 9.17) is 0 Å². The van der Waals surface area contributed by atoms with Gasteiger partial charge in [-0.05, 0) is 91.6 Å². The zero-order chi connectivity index (χ0) is 36.3. The molecule has 0 saturated heterocycles. The highest BCUT2D eigenvalue weighted by Crippen LogP contribution is 2.58. The van der Waals surface area contributed by atoms with Crippen molar-refractivity contribution in [1.29, 1.82) is 0 Å². The molecule has 0 fully saturated rings. The van der Waals surface area contributed by atoms with Crippen molar-refractivity contribution in [3.05, 3.63) is 83.9 Å². The van der Waals surface area contributed by atoms with Gasteiger partial charge in [0.2, 0.25) is 0 Å². The summed E-state index contributed by atoms with van der Waals surface area (Å²) in [7, 11) is 0. The summed E-state index contributed by atoms with van der Waals surface area (Å²) in [5, 5.41) is 0.0227. The Bertz CT molecular complexity index is 1920. The Kier molecular flexibility index (Phi) is 7.48. The lowest BCUT2D eigenvalue weighted by Crippen LogP contribution is -2.59. The van der Waals surface area contributed by atoms with E-state index in [0.717, 1.165) is 24.3 Å². The molecule has 5 rings (SSSR count). The monoisotopic (exact) mass is 714 g/mol. The van der Waals surface area contributed by atoms with E-state index < -0.39 is 59.0 Å². The summed E-state index contributed by atoms with van der Waals surface area (Å²) >= 11 is 0. The Hall–Kier alpha value is -4.12. The maximum Gasteiger partial charge on any atom is 0.460 e. The minimum atomic E-state index is -7.12. The van der Waals surface area contributed by atoms with Crippen LogP contribution in [0.3, 0.4) is 0 Å². The topological polar surface area (TPSA) is 0 Å². The van der Waals surface area contributed by atoms with Crippen LogP contribution in [0.15, 0.2) is 72.8 Å². The molecule has 258 valence electrons. The van der Waals surface area contributed by atoms with Crippen LogP contribution in [0, 0.1) is 0 Å². The van der Waals surface area contributed by atoms with Crippen LogP contribution >= 0.6 is 0 Å². The highest BCUT2D eigenvalue weighted by Gasteiger charge is 2.83. The van der Waals surface area contributed by atoms with Gasteiger partial charge in [0, 0.05) is 11.1 Å². The lowest BCUT2D eigenvalue weighted by atomic mass is 9.92. The molecule has 0 N–H and O–H groups in total. The molecule has 0 spiro atoms. The summed E-state index contributed by atoms with van der Waals surface area (Å²) in [5.41, 5.74) is -3.75. The van der Waals surface area contributed by atoms with E-state index in [-0.39, 0.29) is 67.4 Å². The zero-order valence-corrected chi connectivity index (χ0v) is 22.7. The smallest absolute Gasteiger partial charge is 0.194 e. The maximum atomic E-state index is 14.5. The molecule has 0 atom stereocenters. The first-order valence-electron chi connectivity index (χ1n) is 12.8. The fourth-order valence-corrected chi connectivity index (χ4v) is 5.00. The summed E-state index contributed by atoms with van der Waals surface area (Å²) in [6.45, 7) is 0. The van der Waals surface area contributed by atoms with Gasteiger partial charge in [0.05, 0.1) is 0 Å². The van der Waals surface area contributed by atoms with Gasteiger partial charge in [0.25, 0.3) is 0 Å². The summed E-state index contributed by atoms with van der Waals surface area (Å²) in [6, 6.07) is 9.62. The zero-order valence-electron chi connectivity index (χ0n) is 22.7. The molecular formula is C30H12F18. The van der Waals surface area contributed by atoms with Crippen LogP contribution < -0.4 is 0 Å². The van der Waals surface area contributed by atoms with Gasteiger partial charge in [-0.1, -0.05) is 24.3 Å². The van der Waals surface area contributed by atoms with Crippen molar-refractivity contribution in [3.63, 3.8) is 0 Å². The largest absolute Gasteiger partial charge is 0.460 e. The highest BCUT2D eigenvalue weighted by molar-refractivity contribution is 6.08. The lowest BCUT2D eigenvalue weighted by Gasteiger charge is -2.33. The maximum absolute atomic E-state index is 14.5. The minimum Gasteiger partial charge on any atom is -0.194 e. The molecule has 5 aromatic rings. The second kappa shape index (κ2) is 10.2. The second-order valence-corrected chi connectivity index (χ2v) is 10.8. The predicted molar refractivity (Wildman–Crippen MR) is 136 cm³/mol. The van der Waals surface area contributed by atoms with Crippen molar-refractivity contribution in [3.8, 4) is 0 Å². The average Bonchev–Trinajstić information content (AvgIpc) is 2.95. The van der Waals surface area contributed by atoms with Crippen molar-refractivity contribution in [1.82, 2.24) is 0 Å². The van der Waals surface area contributed by atoms with Crippen molar-refractivity contribution >= 4 is 43.1 Å². The third kappa shape index (κ3) is 4.87. The van der Waals surface area contributed by atoms with E-state index in [2.05, 4.69) is 0 Å². The third-order valence-electron chi connectivity index (χ3n) is 7.72. The number of hydrogen-bond acceptors (Lipinski definition) is 0. The van der Waals surface area contributed by atoms with Crippen LogP contribution in [0.25, 0.3) is 43.1 Å². The molecule has 0 aromatic heterocycles. The summed E-state index contributed by atoms with van der Waals surface area (Å²) in [6.07, 6.45) is -14.0. The Morgan fingerprint density at radius 1 is 0.250 bits per heavy atom. The molecule has 0 saturated carbocycles. The Morgan fingerprint density at radius 2 is 0.479 bits per heavy atom. The molecule has 0 aliphatic carbocycles. The van der Waals surface area contributed by atoms with Crippen LogP contribution in [-0.4, -0.2) is 36.0 Å². The van der Waals surface area contributed by atoms with Gasteiger partial charge in [-0.2, -0.15) is 79.0 Å². The van der Waals surface area contributed by atoms with E-state index >= 15 is 0 Å². The predicted octanol–water partition coefficient (Wildman–Crippen LogP) is 12.1. The molecule has 0 unspecified atom stereocenters. The first-order chi connectivity index (χ1) is 21.6. The Labute approximate surface area is 254 Å². The number of rotatable bonds is 6. The molecule has 0 nitrogen and oxygen atoms in total. The molecule has 0 radical (unpaired) electrons. The highest BCUT2D eigenvalue weighted by atomic mass is 19.4. The molecule has 5 aromatic carbocycles. The SMILES string of the molecule is FC(F)(F)C(F)(F)C(F)(F)C(F)(F)c1ccc2cc3cc4cc5cc(C(F)(F)C(F)(F)C(F)(F)C(F)(F)F)ccc5cc4cc3cc2c1. The first kappa shape index (κ1) is 35.2. The average molecular weight is 714 g/mol. The van der Waals surface area contributed by atoms with Gasteiger partial charge in [0.1, 0.15) is 0 Å². The van der Waals surface area contributed by atoms with Gasteiger partial charge < -0.3 is 0 Å². The van der Waals surface area contributed by atoms with E-state index in [1.165, 1.54) is 24.3 Å². The molecule has 0 heterocycles. The lowest BCUT2D eigenvalue weighted by molar-refractivity contribution is -0.399. The van der Waals surface area contributed by atoms with Crippen molar-refractivity contribution in [2.75, 3.05) is 0 Å². The van der Waals surface area contributed by atoms with Crippen molar-refractivity contribution in [2.24, 2.45) is 0 Å². The van der Waals surface area contributed by atoms with Gasteiger partial charge in [-0.15, -0.1) is 0 Å². The van der Waals surface area contributed by atoms with Gasteiger partial charge >= 0.3 is 47.9 Å². The number of fused-ring (bicyclic) bond motifs is 4. The first-order valence-corrected chi connectivity index (χ1v) is 12.8. The molecule has 18 heteroatoms. The molecule has 0 bridgehead atoms. The van der Waals surface area contributed by atoms with Crippen molar-refractivity contribution in [2.45, 2.75) is 47.9 Å². The van der Waals surface area contributed by atoms with E-state index in [1.807, 2.05) is 0 Å². The van der Waals surface area contributed by atoms with Crippen LogP contribution in [-0.2, 0) is 11.8 Å². The number of benzene rings is 5. The van der Waals surface area contributed by atoms with Crippen LogP contribution in [0.1, 0.15) is 11.1 Å². The minimum absolute atomic E-state index is 0.0251. The third-order valence-corrected chi connectivity index (χ3v) is 7.72. The number of halogens is 18. The van der Waals surface area contributed by atoms with E-state index in [0.29, 0.717) is 0 Å². The van der Waals surface area contributed by atoms with Crippen LogP contribution in [0.5, 0.6) is 0 Å². The van der Waals surface area contributed by atoms with E-state index in [1.54, 1.807) is 0 Å². The summed E-state index contributed by atoms with van der Waals surface area (Å²) in [4.78, 5) is 0. The molecule has 0 aliphatic rings.